The van der Waals surface area contributed by atoms with E-state index in [2.05, 4.69) is 45.7 Å². The summed E-state index contributed by atoms with van der Waals surface area (Å²) in [5.41, 5.74) is 1.98. The number of methoxy groups -OCH3 is 1. The van der Waals surface area contributed by atoms with Crippen LogP contribution in [0.3, 0.4) is 0 Å². The summed E-state index contributed by atoms with van der Waals surface area (Å²) in [7, 11) is 1.63. The van der Waals surface area contributed by atoms with E-state index in [1.165, 1.54) is 4.88 Å². The minimum absolute atomic E-state index is 0.0656. The van der Waals surface area contributed by atoms with Gasteiger partial charge in [0.15, 0.2) is 17.3 Å². The highest BCUT2D eigenvalue weighted by Gasteiger charge is 2.24. The Labute approximate surface area is 160 Å². The first-order valence-corrected chi connectivity index (χ1v) is 9.36. The van der Waals surface area contributed by atoms with E-state index in [1.54, 1.807) is 23.3 Å². The molecule has 0 saturated heterocycles. The van der Waals surface area contributed by atoms with Gasteiger partial charge in [-0.3, -0.25) is 4.79 Å². The monoisotopic (exact) mass is 385 g/mol. The third kappa shape index (κ3) is 3.63. The molecule has 0 aliphatic carbocycles. The van der Waals surface area contributed by atoms with Crippen molar-refractivity contribution >= 4 is 17.2 Å². The molecule has 1 aliphatic heterocycles. The first-order chi connectivity index (χ1) is 13.1. The number of aromatic amines is 1. The number of nitrogens with zero attached hydrogens (tertiary/aromatic N) is 4. The van der Waals surface area contributed by atoms with Crippen molar-refractivity contribution in [2.75, 3.05) is 20.3 Å². The van der Waals surface area contributed by atoms with Gasteiger partial charge in [0.05, 0.1) is 20.1 Å². The molecule has 0 atom stereocenters. The molecule has 4 rings (SSSR count). The van der Waals surface area contributed by atoms with Crippen LogP contribution >= 0.6 is 11.3 Å². The zero-order valence-electron chi connectivity index (χ0n) is 15.1. The second kappa shape index (κ2) is 7.36. The molecule has 3 heterocycles. The first-order valence-electron chi connectivity index (χ1n) is 8.54. The maximum absolute atomic E-state index is 12.7. The van der Waals surface area contributed by atoms with Crippen LogP contribution in [0, 0.1) is 6.92 Å². The summed E-state index contributed by atoms with van der Waals surface area (Å²) >= 11 is 1.72. The third-order valence-electron chi connectivity index (χ3n) is 4.40. The summed E-state index contributed by atoms with van der Waals surface area (Å²) in [6, 6.07) is 8.25. The number of aromatic nitrogens is 4. The molecule has 1 aromatic carbocycles. The number of H-pyrrole nitrogens is 1. The van der Waals surface area contributed by atoms with Gasteiger partial charge in [0.25, 0.3) is 0 Å². The number of amides is 1. The molecule has 0 saturated carbocycles. The molecule has 1 aliphatic rings. The molecule has 140 valence electrons. The molecule has 27 heavy (non-hydrogen) atoms. The van der Waals surface area contributed by atoms with Crippen molar-refractivity contribution in [1.29, 1.82) is 0 Å². The molecule has 2 aromatic heterocycles. The Morgan fingerprint density at radius 2 is 2.30 bits per heavy atom. The van der Waals surface area contributed by atoms with Crippen molar-refractivity contribution in [3.8, 4) is 21.9 Å². The molecule has 0 radical (unpaired) electrons. The van der Waals surface area contributed by atoms with Crippen molar-refractivity contribution in [2.45, 2.75) is 19.9 Å². The van der Waals surface area contributed by atoms with Crippen LogP contribution in [0.2, 0.25) is 0 Å². The van der Waals surface area contributed by atoms with E-state index in [-0.39, 0.29) is 12.3 Å². The minimum atomic E-state index is -0.0656. The molecule has 8 nitrogen and oxygen atoms in total. The number of benzene rings is 1. The fraction of sp³-hybridized carbons (Fsp3) is 0.333. The average molecular weight is 385 g/mol. The molecule has 0 spiro atoms. The summed E-state index contributed by atoms with van der Waals surface area (Å²) in [5, 5.41) is 13.6. The van der Waals surface area contributed by atoms with E-state index in [4.69, 9.17) is 9.47 Å². The van der Waals surface area contributed by atoms with Crippen molar-refractivity contribution in [3.05, 3.63) is 40.5 Å². The van der Waals surface area contributed by atoms with Crippen LogP contribution in [0.25, 0.3) is 10.4 Å². The van der Waals surface area contributed by atoms with E-state index in [9.17, 15) is 4.79 Å². The van der Waals surface area contributed by atoms with E-state index < -0.39 is 0 Å². The number of hydrogen-bond acceptors (Lipinski definition) is 7. The SMILES string of the molecule is COc1cc(-c2ccc(C)s2)cc2c1OCCN(C(=O)Cc1nn[nH]n1)C2. The van der Waals surface area contributed by atoms with E-state index >= 15 is 0 Å². The zero-order valence-corrected chi connectivity index (χ0v) is 15.9. The Bertz CT molecular complexity index is 954. The molecular weight excluding hydrogens is 366 g/mol. The molecule has 3 aromatic rings. The van der Waals surface area contributed by atoms with E-state index in [0.717, 1.165) is 16.0 Å². The van der Waals surface area contributed by atoms with Gasteiger partial charge >= 0.3 is 0 Å². The van der Waals surface area contributed by atoms with Gasteiger partial charge in [-0.25, -0.2) is 0 Å². The van der Waals surface area contributed by atoms with Crippen LogP contribution in [-0.2, 0) is 17.8 Å². The van der Waals surface area contributed by atoms with Gasteiger partial charge in [0, 0.05) is 21.9 Å². The number of aryl methyl sites for hydroxylation is 1. The fourth-order valence-corrected chi connectivity index (χ4v) is 3.94. The summed E-state index contributed by atoms with van der Waals surface area (Å²) in [5.74, 6) is 1.69. The van der Waals surface area contributed by atoms with Crippen LogP contribution in [-0.4, -0.2) is 51.7 Å². The number of thiophene rings is 1. The molecular formula is C18H19N5O3S. The van der Waals surface area contributed by atoms with Gasteiger partial charge < -0.3 is 14.4 Å². The number of tetrazole rings is 1. The van der Waals surface area contributed by atoms with Crippen molar-refractivity contribution < 1.29 is 14.3 Å². The molecule has 1 amide bonds. The summed E-state index contributed by atoms with van der Waals surface area (Å²) in [6.45, 7) is 3.41. The van der Waals surface area contributed by atoms with Gasteiger partial charge in [-0.1, -0.05) is 5.21 Å². The van der Waals surface area contributed by atoms with Crippen molar-refractivity contribution in [2.24, 2.45) is 0 Å². The molecule has 0 fully saturated rings. The Kier molecular flexibility index (Phi) is 4.76. The second-order valence-electron chi connectivity index (χ2n) is 6.25. The highest BCUT2D eigenvalue weighted by molar-refractivity contribution is 7.15. The van der Waals surface area contributed by atoms with Crippen LogP contribution in [0.4, 0.5) is 0 Å². The second-order valence-corrected chi connectivity index (χ2v) is 7.53. The molecule has 0 bridgehead atoms. The fourth-order valence-electron chi connectivity index (χ4n) is 3.08. The number of rotatable bonds is 4. The van der Waals surface area contributed by atoms with Gasteiger partial charge in [-0.05, 0) is 36.8 Å². The maximum Gasteiger partial charge on any atom is 0.230 e. The van der Waals surface area contributed by atoms with Crippen LogP contribution in [0.15, 0.2) is 24.3 Å². The normalized spacial score (nSPS) is 13.6. The number of hydrogen-bond donors (Lipinski definition) is 1. The molecule has 9 heteroatoms. The Hall–Kier alpha value is -2.94. The van der Waals surface area contributed by atoms with Gasteiger partial charge in [-0.2, -0.15) is 5.21 Å². The van der Waals surface area contributed by atoms with Crippen LogP contribution in [0.1, 0.15) is 16.3 Å². The Balaban J connectivity index is 1.65. The first kappa shape index (κ1) is 17.5. The van der Waals surface area contributed by atoms with Crippen LogP contribution < -0.4 is 9.47 Å². The number of ether oxygens (including phenoxy) is 2. The summed E-state index contributed by atoms with van der Waals surface area (Å²) in [4.78, 5) is 16.8. The smallest absolute Gasteiger partial charge is 0.230 e. The van der Waals surface area contributed by atoms with Gasteiger partial charge in [-0.15, -0.1) is 21.5 Å². The van der Waals surface area contributed by atoms with Crippen molar-refractivity contribution in [3.63, 3.8) is 0 Å². The maximum atomic E-state index is 12.7. The number of nitrogens with one attached hydrogen (secondary N) is 1. The lowest BCUT2D eigenvalue weighted by molar-refractivity contribution is -0.131. The summed E-state index contributed by atoms with van der Waals surface area (Å²) in [6.07, 6.45) is 0.104. The number of fused-ring (bicyclic) bond motifs is 1. The third-order valence-corrected chi connectivity index (χ3v) is 5.45. The number of carbonyl (C=O) groups excluding carboxylic acids is 1. The molecule has 0 unspecified atom stereocenters. The van der Waals surface area contributed by atoms with Gasteiger partial charge in [0.2, 0.25) is 5.91 Å². The van der Waals surface area contributed by atoms with Crippen molar-refractivity contribution in [1.82, 2.24) is 25.5 Å². The predicted molar refractivity (Wildman–Crippen MR) is 99.8 cm³/mol. The van der Waals surface area contributed by atoms with E-state index in [0.29, 0.717) is 37.0 Å². The lowest BCUT2D eigenvalue weighted by Crippen LogP contribution is -2.33. The average Bonchev–Trinajstić information content (AvgIpc) is 3.27. The van der Waals surface area contributed by atoms with Gasteiger partial charge in [0.1, 0.15) is 6.61 Å². The zero-order chi connectivity index (χ0) is 18.8. The quantitative estimate of drug-likeness (QED) is 0.740. The van der Waals surface area contributed by atoms with Crippen LogP contribution in [0.5, 0.6) is 11.5 Å². The standard InChI is InChI=1S/C18H19N5O3S/c1-11-3-4-15(27-11)12-7-13-10-23(17(24)9-16-19-21-22-20-16)5-6-26-18(13)14(8-12)25-2/h3-4,7-8H,5-6,9-10H2,1-2H3,(H,19,20,21,22). The van der Waals surface area contributed by atoms with E-state index in [1.807, 2.05) is 6.07 Å². The topological polar surface area (TPSA) is 93.2 Å². The largest absolute Gasteiger partial charge is 0.493 e. The Morgan fingerprint density at radius 1 is 1.41 bits per heavy atom. The lowest BCUT2D eigenvalue weighted by Gasteiger charge is -2.19. The lowest BCUT2D eigenvalue weighted by atomic mass is 10.1. The molecule has 1 N–H and O–H groups in total. The summed E-state index contributed by atoms with van der Waals surface area (Å²) < 4.78 is 11.5. The highest BCUT2D eigenvalue weighted by Crippen LogP contribution is 2.40. The number of carbonyl (C=O) groups is 1. The highest BCUT2D eigenvalue weighted by atomic mass is 32.1. The minimum Gasteiger partial charge on any atom is -0.493 e. The Morgan fingerprint density at radius 3 is 3.00 bits per heavy atom. The predicted octanol–water partition coefficient (Wildman–Crippen LogP) is 2.21.